The van der Waals surface area contributed by atoms with E-state index >= 15 is 0 Å². The highest BCUT2D eigenvalue weighted by Gasteiger charge is 2.33. The Morgan fingerprint density at radius 2 is 1.81 bits per heavy atom. The smallest absolute Gasteiger partial charge is 0.433 e. The van der Waals surface area contributed by atoms with Crippen LogP contribution in [0.4, 0.5) is 13.2 Å². The average Bonchev–Trinajstić information content (AvgIpc) is 2.97. The number of hydrogen-bond acceptors (Lipinski definition) is 3. The Hall–Kier alpha value is -2.87. The second-order valence-corrected chi connectivity index (χ2v) is 5.83. The number of carboxylic acids is 1. The summed E-state index contributed by atoms with van der Waals surface area (Å²) in [6, 6.07) is 8.80. The molecule has 26 heavy (non-hydrogen) atoms. The molecule has 0 aliphatic carbocycles. The fourth-order valence-electron chi connectivity index (χ4n) is 2.50. The van der Waals surface area contributed by atoms with Crippen LogP contribution < -0.4 is 0 Å². The first-order valence-corrected chi connectivity index (χ1v) is 7.70. The number of rotatable bonds is 4. The molecule has 0 fully saturated rings. The molecule has 3 aromatic rings. The van der Waals surface area contributed by atoms with E-state index in [9.17, 15) is 18.0 Å². The first-order chi connectivity index (χ1) is 12.3. The van der Waals surface area contributed by atoms with Crippen LogP contribution in [0.2, 0.25) is 5.02 Å². The molecule has 0 bridgehead atoms. The number of nitrogens with zero attached hydrogens (tertiary/aromatic N) is 3. The van der Waals surface area contributed by atoms with Crippen molar-refractivity contribution in [3.8, 4) is 22.5 Å². The molecule has 0 atom stereocenters. The van der Waals surface area contributed by atoms with Crippen molar-refractivity contribution in [2.24, 2.45) is 0 Å². The first-order valence-electron chi connectivity index (χ1n) is 7.32. The van der Waals surface area contributed by atoms with Gasteiger partial charge in [-0.1, -0.05) is 23.7 Å². The normalized spacial score (nSPS) is 11.5. The van der Waals surface area contributed by atoms with Crippen molar-refractivity contribution in [3.63, 3.8) is 0 Å². The van der Waals surface area contributed by atoms with Gasteiger partial charge in [-0.3, -0.25) is 9.78 Å². The SMILES string of the molecule is O=C(O)Cn1cnc(-c2ccc(Cl)cc2)c1-c1ccnc(C(F)(F)F)c1. The van der Waals surface area contributed by atoms with Crippen LogP contribution in [0.5, 0.6) is 0 Å². The standard InChI is InChI=1S/C17H11ClF3N3O2/c18-12-3-1-10(2-4-12)15-16(24(9-23-15)8-14(25)26)11-5-6-22-13(7-11)17(19,20)21/h1-7,9H,8H2,(H,25,26). The van der Waals surface area contributed by atoms with E-state index in [4.69, 9.17) is 16.7 Å². The molecule has 0 aliphatic rings. The summed E-state index contributed by atoms with van der Waals surface area (Å²) in [4.78, 5) is 18.6. The molecular weight excluding hydrogens is 371 g/mol. The summed E-state index contributed by atoms with van der Waals surface area (Å²) >= 11 is 5.86. The van der Waals surface area contributed by atoms with Crippen LogP contribution in [-0.4, -0.2) is 25.6 Å². The lowest BCUT2D eigenvalue weighted by atomic mass is 10.0. The molecule has 5 nitrogen and oxygen atoms in total. The molecule has 0 radical (unpaired) electrons. The third kappa shape index (κ3) is 3.70. The van der Waals surface area contributed by atoms with Gasteiger partial charge >= 0.3 is 12.1 Å². The number of benzene rings is 1. The Morgan fingerprint density at radius 1 is 1.12 bits per heavy atom. The minimum Gasteiger partial charge on any atom is -0.480 e. The average molecular weight is 382 g/mol. The summed E-state index contributed by atoms with van der Waals surface area (Å²) in [6.45, 7) is -0.445. The predicted molar refractivity (Wildman–Crippen MR) is 88.5 cm³/mol. The van der Waals surface area contributed by atoms with E-state index < -0.39 is 24.4 Å². The number of carboxylic acid groups (broad SMARTS) is 1. The van der Waals surface area contributed by atoms with Crippen LogP contribution in [0, 0.1) is 0 Å². The number of aromatic nitrogens is 3. The number of aliphatic carboxylic acids is 1. The Morgan fingerprint density at radius 3 is 2.42 bits per heavy atom. The van der Waals surface area contributed by atoms with Gasteiger partial charge in [-0.15, -0.1) is 0 Å². The first kappa shape index (κ1) is 17.9. The van der Waals surface area contributed by atoms with Gasteiger partial charge in [0.2, 0.25) is 0 Å². The fraction of sp³-hybridized carbons (Fsp3) is 0.118. The lowest BCUT2D eigenvalue weighted by Crippen LogP contribution is -2.10. The monoisotopic (exact) mass is 381 g/mol. The van der Waals surface area contributed by atoms with Crippen LogP contribution in [0.15, 0.2) is 48.9 Å². The van der Waals surface area contributed by atoms with Crippen molar-refractivity contribution < 1.29 is 23.1 Å². The molecule has 0 saturated carbocycles. The third-order valence-electron chi connectivity index (χ3n) is 3.58. The molecule has 0 saturated heterocycles. The molecule has 134 valence electrons. The summed E-state index contributed by atoms with van der Waals surface area (Å²) in [5.41, 5.74) is 0.292. The number of hydrogen-bond donors (Lipinski definition) is 1. The minimum absolute atomic E-state index is 0.163. The highest BCUT2D eigenvalue weighted by molar-refractivity contribution is 6.30. The van der Waals surface area contributed by atoms with Gasteiger partial charge in [0.1, 0.15) is 12.2 Å². The molecule has 0 aliphatic heterocycles. The second-order valence-electron chi connectivity index (χ2n) is 5.40. The van der Waals surface area contributed by atoms with E-state index in [0.717, 1.165) is 12.3 Å². The highest BCUT2D eigenvalue weighted by Crippen LogP contribution is 2.35. The number of imidazole rings is 1. The van der Waals surface area contributed by atoms with Gasteiger partial charge in [-0.05, 0) is 24.3 Å². The molecule has 9 heteroatoms. The topological polar surface area (TPSA) is 68.0 Å². The zero-order valence-electron chi connectivity index (χ0n) is 13.0. The molecular formula is C17H11ClF3N3O2. The van der Waals surface area contributed by atoms with Crippen molar-refractivity contribution in [2.75, 3.05) is 0 Å². The predicted octanol–water partition coefficient (Wildman–Crippen LogP) is 4.37. The van der Waals surface area contributed by atoms with Crippen molar-refractivity contribution in [3.05, 3.63) is 59.6 Å². The molecule has 1 aromatic carbocycles. The van der Waals surface area contributed by atoms with Gasteiger partial charge in [-0.25, -0.2) is 4.98 Å². The van der Waals surface area contributed by atoms with Crippen LogP contribution in [0.25, 0.3) is 22.5 Å². The van der Waals surface area contributed by atoms with E-state index in [0.29, 0.717) is 16.3 Å². The molecule has 1 N–H and O–H groups in total. The minimum atomic E-state index is -4.62. The fourth-order valence-corrected chi connectivity index (χ4v) is 2.63. The molecule has 2 heterocycles. The van der Waals surface area contributed by atoms with E-state index in [-0.39, 0.29) is 11.3 Å². The van der Waals surface area contributed by atoms with E-state index in [1.807, 2.05) is 0 Å². The van der Waals surface area contributed by atoms with Crippen LogP contribution in [0.1, 0.15) is 5.69 Å². The lowest BCUT2D eigenvalue weighted by Gasteiger charge is -2.11. The molecule has 2 aromatic heterocycles. The number of alkyl halides is 3. The van der Waals surface area contributed by atoms with E-state index in [1.54, 1.807) is 24.3 Å². The largest absolute Gasteiger partial charge is 0.480 e. The van der Waals surface area contributed by atoms with Crippen LogP contribution >= 0.6 is 11.6 Å². The zero-order chi connectivity index (χ0) is 18.9. The maximum absolute atomic E-state index is 13.0. The van der Waals surface area contributed by atoms with E-state index in [2.05, 4.69) is 9.97 Å². The maximum Gasteiger partial charge on any atom is 0.433 e. The van der Waals surface area contributed by atoms with Gasteiger partial charge in [0, 0.05) is 22.3 Å². The molecule has 0 amide bonds. The van der Waals surface area contributed by atoms with Gasteiger partial charge in [-0.2, -0.15) is 13.2 Å². The molecule has 0 unspecified atom stereocenters. The number of halogens is 4. The van der Waals surface area contributed by atoms with Crippen molar-refractivity contribution >= 4 is 17.6 Å². The summed E-state index contributed by atoms with van der Waals surface area (Å²) in [7, 11) is 0. The quantitative estimate of drug-likeness (QED) is 0.728. The Balaban J connectivity index is 2.19. The molecule has 0 spiro atoms. The Labute approximate surface area is 150 Å². The molecule has 3 rings (SSSR count). The van der Waals surface area contributed by atoms with Gasteiger partial charge < -0.3 is 9.67 Å². The summed E-state index contributed by atoms with van der Waals surface area (Å²) in [5, 5.41) is 9.57. The Bertz CT molecular complexity index is 953. The number of carbonyl (C=O) groups is 1. The van der Waals surface area contributed by atoms with Gasteiger partial charge in [0.15, 0.2) is 0 Å². The third-order valence-corrected chi connectivity index (χ3v) is 3.84. The highest BCUT2D eigenvalue weighted by atomic mass is 35.5. The number of pyridine rings is 1. The van der Waals surface area contributed by atoms with Gasteiger partial charge in [0.25, 0.3) is 0 Å². The van der Waals surface area contributed by atoms with Gasteiger partial charge in [0.05, 0.1) is 17.7 Å². The maximum atomic E-state index is 13.0. The lowest BCUT2D eigenvalue weighted by molar-refractivity contribution is -0.141. The zero-order valence-corrected chi connectivity index (χ0v) is 13.8. The van der Waals surface area contributed by atoms with Crippen molar-refractivity contribution in [2.45, 2.75) is 12.7 Å². The Kier molecular flexibility index (Phi) is 4.69. The van der Waals surface area contributed by atoms with Crippen LogP contribution in [-0.2, 0) is 17.5 Å². The van der Waals surface area contributed by atoms with E-state index in [1.165, 1.54) is 17.0 Å². The second kappa shape index (κ2) is 6.80. The summed E-state index contributed by atoms with van der Waals surface area (Å²) in [5.74, 6) is -1.14. The van der Waals surface area contributed by atoms with Crippen molar-refractivity contribution in [1.29, 1.82) is 0 Å². The summed E-state index contributed by atoms with van der Waals surface area (Å²) < 4.78 is 40.3. The summed E-state index contributed by atoms with van der Waals surface area (Å²) in [6.07, 6.45) is -2.31. The van der Waals surface area contributed by atoms with Crippen molar-refractivity contribution in [1.82, 2.24) is 14.5 Å². The van der Waals surface area contributed by atoms with Crippen LogP contribution in [0.3, 0.4) is 0 Å².